The third-order valence-corrected chi connectivity index (χ3v) is 4.09. The van der Waals surface area contributed by atoms with Crippen molar-refractivity contribution in [2.45, 2.75) is 18.4 Å². The molecule has 0 bridgehead atoms. The number of imidazole rings is 1. The van der Waals surface area contributed by atoms with Gasteiger partial charge in [0.1, 0.15) is 11.6 Å². The predicted octanol–water partition coefficient (Wildman–Crippen LogP) is 2.34. The van der Waals surface area contributed by atoms with Gasteiger partial charge in [-0.2, -0.15) is 0 Å². The van der Waals surface area contributed by atoms with Gasteiger partial charge in [-0.05, 0) is 31.2 Å². The third-order valence-electron chi connectivity index (χ3n) is 4.09. The van der Waals surface area contributed by atoms with Gasteiger partial charge in [-0.25, -0.2) is 9.37 Å². The maximum atomic E-state index is 13.6. The molecule has 1 aromatic carbocycles. The lowest BCUT2D eigenvalue weighted by atomic mass is 9.79. The monoisotopic (exact) mass is 289 g/mol. The Hall–Kier alpha value is -1.72. The summed E-state index contributed by atoms with van der Waals surface area (Å²) in [6, 6.07) is 6.89. The molecule has 0 saturated carbocycles. The minimum Gasteiger partial charge on any atom is -0.380 e. The average molecular weight is 289 g/mol. The molecule has 21 heavy (non-hydrogen) atoms. The number of hydrogen-bond donors (Lipinski definition) is 1. The normalized spacial score (nSPS) is 22.0. The second kappa shape index (κ2) is 5.95. The van der Waals surface area contributed by atoms with Crippen LogP contribution in [0.4, 0.5) is 4.39 Å². The minimum absolute atomic E-state index is 0.135. The summed E-state index contributed by atoms with van der Waals surface area (Å²) < 4.78 is 19.2. The van der Waals surface area contributed by atoms with Crippen LogP contribution in [0.15, 0.2) is 36.7 Å². The standard InChI is InChI=1S/C16H20FN3O/c1-20(10-15-18-6-7-19-15)11-16(5-8-21-12-16)13-3-2-4-14(17)9-13/h2-4,6-7,9H,5,8,10-12H2,1H3,(H,18,19)/t16-/m1/s1. The maximum absolute atomic E-state index is 13.6. The van der Waals surface area contributed by atoms with E-state index >= 15 is 0 Å². The van der Waals surface area contributed by atoms with E-state index in [1.54, 1.807) is 18.3 Å². The van der Waals surface area contributed by atoms with E-state index in [0.29, 0.717) is 6.61 Å². The number of aromatic amines is 1. The molecule has 0 aliphatic carbocycles. The van der Waals surface area contributed by atoms with Gasteiger partial charge in [-0.3, -0.25) is 4.90 Å². The molecular weight excluding hydrogens is 269 g/mol. The Kier molecular flexibility index (Phi) is 4.03. The summed E-state index contributed by atoms with van der Waals surface area (Å²) in [7, 11) is 2.06. The summed E-state index contributed by atoms with van der Waals surface area (Å²) in [6.45, 7) is 2.92. The molecule has 1 atom stereocenters. The zero-order valence-electron chi connectivity index (χ0n) is 12.2. The summed E-state index contributed by atoms with van der Waals surface area (Å²) in [5.74, 6) is 0.748. The Morgan fingerprint density at radius 3 is 3.05 bits per heavy atom. The molecule has 1 saturated heterocycles. The number of halogens is 1. The van der Waals surface area contributed by atoms with Gasteiger partial charge < -0.3 is 9.72 Å². The summed E-state index contributed by atoms with van der Waals surface area (Å²) in [4.78, 5) is 9.57. The van der Waals surface area contributed by atoms with Gasteiger partial charge in [-0.1, -0.05) is 12.1 Å². The van der Waals surface area contributed by atoms with Crippen molar-refractivity contribution >= 4 is 0 Å². The molecule has 0 unspecified atom stereocenters. The van der Waals surface area contributed by atoms with Crippen LogP contribution < -0.4 is 0 Å². The lowest BCUT2D eigenvalue weighted by Gasteiger charge is -2.32. The van der Waals surface area contributed by atoms with E-state index in [0.717, 1.165) is 37.5 Å². The Morgan fingerprint density at radius 2 is 2.38 bits per heavy atom. The van der Waals surface area contributed by atoms with Crippen LogP contribution in [0.1, 0.15) is 17.8 Å². The number of likely N-dealkylation sites (N-methyl/N-ethyl adjacent to an activating group) is 1. The Labute approximate surface area is 124 Å². The van der Waals surface area contributed by atoms with Crippen LogP contribution in [0, 0.1) is 5.82 Å². The molecule has 2 heterocycles. The highest BCUT2D eigenvalue weighted by atomic mass is 19.1. The fraction of sp³-hybridized carbons (Fsp3) is 0.438. The number of benzene rings is 1. The van der Waals surface area contributed by atoms with Gasteiger partial charge in [0.05, 0.1) is 13.2 Å². The van der Waals surface area contributed by atoms with Crippen LogP contribution in [0.5, 0.6) is 0 Å². The Morgan fingerprint density at radius 1 is 1.48 bits per heavy atom. The number of hydrogen-bond acceptors (Lipinski definition) is 3. The van der Waals surface area contributed by atoms with E-state index in [-0.39, 0.29) is 11.2 Å². The number of aromatic nitrogens is 2. The highest BCUT2D eigenvalue weighted by Gasteiger charge is 2.38. The van der Waals surface area contributed by atoms with Crippen molar-refractivity contribution in [1.29, 1.82) is 0 Å². The molecule has 1 fully saturated rings. The summed E-state index contributed by atoms with van der Waals surface area (Å²) in [6.07, 6.45) is 4.49. The second-order valence-corrected chi connectivity index (χ2v) is 5.80. The van der Waals surface area contributed by atoms with Crippen LogP contribution >= 0.6 is 0 Å². The topological polar surface area (TPSA) is 41.2 Å². The lowest BCUT2D eigenvalue weighted by Crippen LogP contribution is -2.39. The SMILES string of the molecule is CN(Cc1ncc[nH]1)C[C@]1(c2cccc(F)c2)CCOC1. The van der Waals surface area contributed by atoms with E-state index in [4.69, 9.17) is 4.74 Å². The third kappa shape index (κ3) is 3.14. The van der Waals surface area contributed by atoms with Crippen LogP contribution in [0.3, 0.4) is 0 Å². The molecule has 1 aromatic heterocycles. The van der Waals surface area contributed by atoms with E-state index in [1.807, 2.05) is 12.3 Å². The Balaban J connectivity index is 1.78. The molecular formula is C16H20FN3O. The molecule has 2 aromatic rings. The number of nitrogens with one attached hydrogen (secondary N) is 1. The predicted molar refractivity (Wildman–Crippen MR) is 78.4 cm³/mol. The van der Waals surface area contributed by atoms with Crippen molar-refractivity contribution in [1.82, 2.24) is 14.9 Å². The first-order valence-corrected chi connectivity index (χ1v) is 7.19. The maximum Gasteiger partial charge on any atom is 0.123 e. The quantitative estimate of drug-likeness (QED) is 0.918. The zero-order chi connectivity index (χ0) is 14.7. The fourth-order valence-electron chi connectivity index (χ4n) is 3.08. The summed E-state index contributed by atoms with van der Waals surface area (Å²) in [5.41, 5.74) is 0.884. The highest BCUT2D eigenvalue weighted by molar-refractivity contribution is 5.28. The number of H-pyrrole nitrogens is 1. The van der Waals surface area contributed by atoms with Crippen molar-refractivity contribution in [2.75, 3.05) is 26.8 Å². The molecule has 0 radical (unpaired) electrons. The smallest absolute Gasteiger partial charge is 0.123 e. The van der Waals surface area contributed by atoms with Crippen molar-refractivity contribution < 1.29 is 9.13 Å². The highest BCUT2D eigenvalue weighted by Crippen LogP contribution is 2.34. The lowest BCUT2D eigenvalue weighted by molar-refractivity contribution is 0.156. The van der Waals surface area contributed by atoms with E-state index < -0.39 is 0 Å². The molecule has 5 heteroatoms. The molecule has 1 N–H and O–H groups in total. The van der Waals surface area contributed by atoms with Gasteiger partial charge in [0.15, 0.2) is 0 Å². The first kappa shape index (κ1) is 14.2. The van der Waals surface area contributed by atoms with Crippen LogP contribution in [-0.4, -0.2) is 41.7 Å². The molecule has 3 rings (SSSR count). The van der Waals surface area contributed by atoms with Crippen molar-refractivity contribution in [3.05, 3.63) is 53.9 Å². The molecule has 4 nitrogen and oxygen atoms in total. The number of ether oxygens (including phenoxy) is 1. The molecule has 0 amide bonds. The van der Waals surface area contributed by atoms with Gasteiger partial charge in [0.25, 0.3) is 0 Å². The van der Waals surface area contributed by atoms with Crippen molar-refractivity contribution in [3.8, 4) is 0 Å². The average Bonchev–Trinajstić information content (AvgIpc) is 3.11. The first-order valence-electron chi connectivity index (χ1n) is 7.19. The van der Waals surface area contributed by atoms with Gasteiger partial charge in [0, 0.05) is 31.0 Å². The fourth-order valence-corrected chi connectivity index (χ4v) is 3.08. The van der Waals surface area contributed by atoms with Crippen LogP contribution in [0.2, 0.25) is 0 Å². The number of rotatable bonds is 5. The van der Waals surface area contributed by atoms with Gasteiger partial charge in [0.2, 0.25) is 0 Å². The molecule has 1 aliphatic rings. The van der Waals surface area contributed by atoms with E-state index in [9.17, 15) is 4.39 Å². The zero-order valence-corrected chi connectivity index (χ0v) is 12.2. The van der Waals surface area contributed by atoms with E-state index in [2.05, 4.69) is 21.9 Å². The van der Waals surface area contributed by atoms with Crippen molar-refractivity contribution in [3.63, 3.8) is 0 Å². The largest absolute Gasteiger partial charge is 0.380 e. The minimum atomic E-state index is -0.188. The van der Waals surface area contributed by atoms with Crippen molar-refractivity contribution in [2.24, 2.45) is 0 Å². The summed E-state index contributed by atoms with van der Waals surface area (Å²) >= 11 is 0. The second-order valence-electron chi connectivity index (χ2n) is 5.80. The van der Waals surface area contributed by atoms with Crippen LogP contribution in [0.25, 0.3) is 0 Å². The molecule has 0 spiro atoms. The summed E-state index contributed by atoms with van der Waals surface area (Å²) in [5, 5.41) is 0. The molecule has 1 aliphatic heterocycles. The van der Waals surface area contributed by atoms with E-state index in [1.165, 1.54) is 6.07 Å². The first-order chi connectivity index (χ1) is 10.2. The number of nitrogens with zero attached hydrogens (tertiary/aromatic N) is 2. The Bertz CT molecular complexity index is 579. The van der Waals surface area contributed by atoms with Crippen LogP contribution in [-0.2, 0) is 16.7 Å². The van der Waals surface area contributed by atoms with Gasteiger partial charge in [-0.15, -0.1) is 0 Å². The molecule has 112 valence electrons. The van der Waals surface area contributed by atoms with Gasteiger partial charge >= 0.3 is 0 Å².